The van der Waals surface area contributed by atoms with Crippen molar-refractivity contribution >= 4 is 17.5 Å². The summed E-state index contributed by atoms with van der Waals surface area (Å²) < 4.78 is 1.75. The van der Waals surface area contributed by atoms with E-state index in [2.05, 4.69) is 15.4 Å². The van der Waals surface area contributed by atoms with Crippen LogP contribution in [0.4, 0.5) is 0 Å². The summed E-state index contributed by atoms with van der Waals surface area (Å²) in [5.41, 5.74) is 2.49. The Morgan fingerprint density at radius 2 is 2.00 bits per heavy atom. The van der Waals surface area contributed by atoms with Gasteiger partial charge in [0, 0.05) is 18.0 Å². The summed E-state index contributed by atoms with van der Waals surface area (Å²) in [5.74, 6) is -0.121. The molecule has 0 unspecified atom stereocenters. The van der Waals surface area contributed by atoms with Crippen molar-refractivity contribution in [3.8, 4) is 0 Å². The third-order valence-electron chi connectivity index (χ3n) is 3.32. The number of aromatic nitrogens is 3. The van der Waals surface area contributed by atoms with E-state index in [0.717, 1.165) is 11.3 Å². The summed E-state index contributed by atoms with van der Waals surface area (Å²) in [6.07, 6.45) is 5.06. The third kappa shape index (κ3) is 4.17. The van der Waals surface area contributed by atoms with Crippen LogP contribution in [0.25, 0.3) is 0 Å². The first-order valence-electron chi connectivity index (χ1n) is 7.16. The average Bonchev–Trinajstić information content (AvgIpc) is 2.99. The molecule has 116 valence electrons. The molecule has 23 heavy (non-hydrogen) atoms. The van der Waals surface area contributed by atoms with Gasteiger partial charge in [0.1, 0.15) is 0 Å². The lowest BCUT2D eigenvalue weighted by Gasteiger charge is -2.06. The fourth-order valence-corrected chi connectivity index (χ4v) is 2.31. The van der Waals surface area contributed by atoms with Crippen LogP contribution < -0.4 is 5.32 Å². The standard InChI is InChI=1S/C17H15ClN4O/c18-15-9-21-22(12-15)11-13-4-6-14(7-5-13)17(23)20-10-16-3-1-2-8-19-16/h1-9,12H,10-11H2,(H,20,23). The van der Waals surface area contributed by atoms with E-state index >= 15 is 0 Å². The minimum atomic E-state index is -0.121. The maximum Gasteiger partial charge on any atom is 0.251 e. The molecular formula is C17H15ClN4O. The van der Waals surface area contributed by atoms with Gasteiger partial charge in [-0.15, -0.1) is 0 Å². The van der Waals surface area contributed by atoms with Gasteiger partial charge < -0.3 is 5.32 Å². The number of pyridine rings is 1. The molecule has 0 saturated heterocycles. The van der Waals surface area contributed by atoms with Crippen LogP contribution in [0.15, 0.2) is 61.1 Å². The van der Waals surface area contributed by atoms with Crippen LogP contribution in [-0.4, -0.2) is 20.7 Å². The highest BCUT2D eigenvalue weighted by atomic mass is 35.5. The zero-order valence-corrected chi connectivity index (χ0v) is 13.1. The number of nitrogens with zero attached hydrogens (tertiary/aromatic N) is 3. The van der Waals surface area contributed by atoms with E-state index in [1.165, 1.54) is 0 Å². The van der Waals surface area contributed by atoms with Crippen molar-refractivity contribution < 1.29 is 4.79 Å². The topological polar surface area (TPSA) is 59.8 Å². The summed E-state index contributed by atoms with van der Waals surface area (Å²) in [5, 5.41) is 7.59. The summed E-state index contributed by atoms with van der Waals surface area (Å²) in [6, 6.07) is 13.0. The summed E-state index contributed by atoms with van der Waals surface area (Å²) >= 11 is 5.84. The molecule has 0 aliphatic carbocycles. The van der Waals surface area contributed by atoms with Gasteiger partial charge in [-0.05, 0) is 29.8 Å². The number of hydrogen-bond donors (Lipinski definition) is 1. The Kier molecular flexibility index (Phi) is 4.68. The van der Waals surface area contributed by atoms with Gasteiger partial charge in [0.05, 0.1) is 30.0 Å². The maximum atomic E-state index is 12.1. The Morgan fingerprint density at radius 1 is 1.17 bits per heavy atom. The molecule has 2 aromatic heterocycles. The molecule has 2 heterocycles. The quantitative estimate of drug-likeness (QED) is 0.784. The smallest absolute Gasteiger partial charge is 0.251 e. The van der Waals surface area contributed by atoms with Crippen molar-refractivity contribution in [2.45, 2.75) is 13.1 Å². The fourth-order valence-electron chi connectivity index (χ4n) is 2.15. The number of nitrogens with one attached hydrogen (secondary N) is 1. The number of amides is 1. The second-order valence-electron chi connectivity index (χ2n) is 5.06. The highest BCUT2D eigenvalue weighted by Gasteiger charge is 2.06. The van der Waals surface area contributed by atoms with Crippen LogP contribution in [0.1, 0.15) is 21.6 Å². The Balaban J connectivity index is 1.59. The van der Waals surface area contributed by atoms with Crippen molar-refractivity contribution in [3.05, 3.63) is 82.9 Å². The molecule has 6 heteroatoms. The van der Waals surface area contributed by atoms with Crippen LogP contribution in [-0.2, 0) is 13.1 Å². The highest BCUT2D eigenvalue weighted by Crippen LogP contribution is 2.09. The van der Waals surface area contributed by atoms with E-state index in [9.17, 15) is 4.79 Å². The Labute approximate surface area is 138 Å². The summed E-state index contributed by atoms with van der Waals surface area (Å²) in [4.78, 5) is 16.3. The molecule has 3 rings (SSSR count). The molecule has 3 aromatic rings. The lowest BCUT2D eigenvalue weighted by atomic mass is 10.1. The highest BCUT2D eigenvalue weighted by molar-refractivity contribution is 6.30. The van der Waals surface area contributed by atoms with E-state index in [4.69, 9.17) is 11.6 Å². The minimum Gasteiger partial charge on any atom is -0.346 e. The second-order valence-corrected chi connectivity index (χ2v) is 5.49. The zero-order chi connectivity index (χ0) is 16.1. The van der Waals surface area contributed by atoms with Crippen LogP contribution in [0.2, 0.25) is 5.02 Å². The second kappa shape index (κ2) is 7.07. The molecule has 0 saturated carbocycles. The molecule has 1 N–H and O–H groups in total. The van der Waals surface area contributed by atoms with Gasteiger partial charge in [0.15, 0.2) is 0 Å². The maximum absolute atomic E-state index is 12.1. The van der Waals surface area contributed by atoms with Crippen molar-refractivity contribution in [3.63, 3.8) is 0 Å². The van der Waals surface area contributed by atoms with Gasteiger partial charge in [-0.3, -0.25) is 14.5 Å². The van der Waals surface area contributed by atoms with Gasteiger partial charge in [-0.1, -0.05) is 29.8 Å². The molecule has 0 bridgehead atoms. The Hall–Kier alpha value is -2.66. The predicted octanol–water partition coefficient (Wildman–Crippen LogP) is 2.91. The molecule has 0 atom stereocenters. The van der Waals surface area contributed by atoms with E-state index < -0.39 is 0 Å². The third-order valence-corrected chi connectivity index (χ3v) is 3.51. The average molecular weight is 327 g/mol. The number of carbonyl (C=O) groups excluding carboxylic acids is 1. The first-order valence-corrected chi connectivity index (χ1v) is 7.53. The normalized spacial score (nSPS) is 10.5. The van der Waals surface area contributed by atoms with Gasteiger partial charge in [-0.25, -0.2) is 0 Å². The van der Waals surface area contributed by atoms with E-state index in [1.54, 1.807) is 35.4 Å². The van der Waals surface area contributed by atoms with Crippen molar-refractivity contribution in [1.82, 2.24) is 20.1 Å². The molecule has 0 radical (unpaired) electrons. The Morgan fingerprint density at radius 3 is 2.65 bits per heavy atom. The molecular weight excluding hydrogens is 312 g/mol. The van der Waals surface area contributed by atoms with Gasteiger partial charge in [0.25, 0.3) is 5.91 Å². The molecule has 0 spiro atoms. The first-order chi connectivity index (χ1) is 11.2. The lowest BCUT2D eigenvalue weighted by Crippen LogP contribution is -2.23. The first kappa shape index (κ1) is 15.2. The summed E-state index contributed by atoms with van der Waals surface area (Å²) in [6.45, 7) is 1.02. The monoisotopic (exact) mass is 326 g/mol. The van der Waals surface area contributed by atoms with Crippen molar-refractivity contribution in [2.75, 3.05) is 0 Å². The number of benzene rings is 1. The molecule has 0 aliphatic heterocycles. The van der Waals surface area contributed by atoms with E-state index in [-0.39, 0.29) is 5.91 Å². The van der Waals surface area contributed by atoms with Crippen molar-refractivity contribution in [1.29, 1.82) is 0 Å². The number of halogens is 1. The van der Waals surface area contributed by atoms with Crippen LogP contribution in [0.5, 0.6) is 0 Å². The van der Waals surface area contributed by atoms with Crippen LogP contribution in [0.3, 0.4) is 0 Å². The minimum absolute atomic E-state index is 0.121. The zero-order valence-electron chi connectivity index (χ0n) is 12.3. The molecule has 1 aromatic carbocycles. The Bertz CT molecular complexity index is 784. The largest absolute Gasteiger partial charge is 0.346 e. The lowest BCUT2D eigenvalue weighted by molar-refractivity contribution is 0.0950. The SMILES string of the molecule is O=C(NCc1ccccn1)c1ccc(Cn2cc(Cl)cn2)cc1. The predicted molar refractivity (Wildman–Crippen MR) is 88.2 cm³/mol. The fraction of sp³-hybridized carbons (Fsp3) is 0.118. The molecule has 0 fully saturated rings. The van der Waals surface area contributed by atoms with E-state index in [0.29, 0.717) is 23.7 Å². The van der Waals surface area contributed by atoms with Crippen LogP contribution in [0, 0.1) is 0 Å². The van der Waals surface area contributed by atoms with Gasteiger partial charge >= 0.3 is 0 Å². The van der Waals surface area contributed by atoms with Crippen molar-refractivity contribution in [2.24, 2.45) is 0 Å². The molecule has 5 nitrogen and oxygen atoms in total. The molecule has 1 amide bonds. The number of hydrogen-bond acceptors (Lipinski definition) is 3. The van der Waals surface area contributed by atoms with Gasteiger partial charge in [0.2, 0.25) is 0 Å². The van der Waals surface area contributed by atoms with Gasteiger partial charge in [-0.2, -0.15) is 5.10 Å². The molecule has 0 aliphatic rings. The number of carbonyl (C=O) groups is 1. The summed E-state index contributed by atoms with van der Waals surface area (Å²) in [7, 11) is 0. The van der Waals surface area contributed by atoms with E-state index in [1.807, 2.05) is 30.3 Å². The number of rotatable bonds is 5. The van der Waals surface area contributed by atoms with Crippen LogP contribution >= 0.6 is 11.6 Å².